The van der Waals surface area contributed by atoms with Crippen LogP contribution in [0.15, 0.2) is 30.3 Å². The van der Waals surface area contributed by atoms with Crippen LogP contribution in [0.2, 0.25) is 0 Å². The molecule has 0 radical (unpaired) electrons. The van der Waals surface area contributed by atoms with Gasteiger partial charge in [-0.05, 0) is 61.5 Å². The first-order valence-corrected chi connectivity index (χ1v) is 22.2. The summed E-state index contributed by atoms with van der Waals surface area (Å²) in [7, 11) is 6.57. The lowest BCUT2D eigenvalue weighted by Gasteiger charge is -2.41. The highest BCUT2D eigenvalue weighted by Gasteiger charge is 2.43. The van der Waals surface area contributed by atoms with Crippen LogP contribution >= 0.6 is 0 Å². The molecule has 3 amide bonds. The smallest absolute Gasteiger partial charge is 0.226 e. The van der Waals surface area contributed by atoms with Crippen molar-refractivity contribution in [3.63, 3.8) is 0 Å². The fraction of sp³-hybridized carbons (Fsp3) is 0.766. The fourth-order valence-electron chi connectivity index (χ4n) is 9.10. The van der Waals surface area contributed by atoms with Crippen LogP contribution in [-0.2, 0) is 33.4 Å². The second-order valence-corrected chi connectivity index (χ2v) is 17.9. The summed E-state index contributed by atoms with van der Waals surface area (Å²) in [6, 6.07) is 7.89. The summed E-state index contributed by atoms with van der Waals surface area (Å²) in [5, 5.41) is 10.9. The first kappa shape index (κ1) is 51.9. The van der Waals surface area contributed by atoms with E-state index in [1.165, 1.54) is 0 Å². The Bertz CT molecular complexity index is 1460. The lowest BCUT2D eigenvalue weighted by Crippen LogP contribution is -2.54. The van der Waals surface area contributed by atoms with E-state index in [4.69, 9.17) is 15.2 Å². The van der Waals surface area contributed by atoms with Gasteiger partial charge in [0.15, 0.2) is 5.78 Å². The highest BCUT2D eigenvalue weighted by molar-refractivity contribution is 5.93. The number of likely N-dealkylation sites (tertiary alicyclic amines) is 1. The van der Waals surface area contributed by atoms with Gasteiger partial charge in [-0.15, -0.1) is 0 Å². The molecule has 0 saturated carbocycles. The number of methoxy groups -OCH3 is 2. The van der Waals surface area contributed by atoms with Crippen molar-refractivity contribution in [1.82, 2.24) is 14.7 Å². The number of aliphatic hydroxyl groups is 1. The van der Waals surface area contributed by atoms with Crippen molar-refractivity contribution in [1.29, 1.82) is 0 Å². The van der Waals surface area contributed by atoms with Gasteiger partial charge < -0.3 is 35.0 Å². The molecule has 3 N–H and O–H groups in total. The molecule has 1 saturated heterocycles. The number of aliphatic hydroxyl groups excluding tert-OH is 1. The lowest BCUT2D eigenvalue weighted by atomic mass is 9.83. The molecule has 12 heteroatoms. The van der Waals surface area contributed by atoms with Crippen molar-refractivity contribution in [3.05, 3.63) is 35.9 Å². The van der Waals surface area contributed by atoms with Crippen molar-refractivity contribution in [2.45, 2.75) is 156 Å². The third-order valence-corrected chi connectivity index (χ3v) is 13.0. The van der Waals surface area contributed by atoms with Crippen LogP contribution in [0.5, 0.6) is 0 Å². The summed E-state index contributed by atoms with van der Waals surface area (Å²) in [5.74, 6) is -2.36. The summed E-state index contributed by atoms with van der Waals surface area (Å²) in [6.45, 7) is 16.6. The molecule has 0 bridgehead atoms. The highest BCUT2D eigenvalue weighted by atomic mass is 16.5. The number of nitrogens with two attached hydrogens (primary N) is 1. The maximum Gasteiger partial charge on any atom is 0.226 e. The fourth-order valence-corrected chi connectivity index (χ4v) is 9.10. The summed E-state index contributed by atoms with van der Waals surface area (Å²) in [6.07, 6.45) is 3.18. The number of Topliss-reactive ketones (excluding diaryl/α,β-unsaturated/α-hetero) is 2. The molecule has 1 aliphatic heterocycles. The Balaban J connectivity index is 2.26. The molecule has 0 aromatic heterocycles. The van der Waals surface area contributed by atoms with Gasteiger partial charge in [-0.3, -0.25) is 24.0 Å². The van der Waals surface area contributed by atoms with Crippen LogP contribution in [0.25, 0.3) is 0 Å². The van der Waals surface area contributed by atoms with Gasteiger partial charge >= 0.3 is 0 Å². The molecule has 1 fully saturated rings. The van der Waals surface area contributed by atoms with Crippen LogP contribution in [0.1, 0.15) is 131 Å². The topological polar surface area (TPSA) is 160 Å². The van der Waals surface area contributed by atoms with Crippen LogP contribution in [0, 0.1) is 35.5 Å². The Morgan fingerprint density at radius 3 is 2.02 bits per heavy atom. The molecule has 59 heavy (non-hydrogen) atoms. The maximum absolute atomic E-state index is 14.5. The number of benzene rings is 1. The van der Waals surface area contributed by atoms with E-state index < -0.39 is 42.2 Å². The summed E-state index contributed by atoms with van der Waals surface area (Å²) in [5.41, 5.74) is 6.38. The van der Waals surface area contributed by atoms with Gasteiger partial charge in [0, 0.05) is 66.0 Å². The molecule has 0 aliphatic carbocycles. The number of hydrogen-bond acceptors (Lipinski definition) is 9. The van der Waals surface area contributed by atoms with Gasteiger partial charge in [0.1, 0.15) is 5.78 Å². The van der Waals surface area contributed by atoms with Gasteiger partial charge in [0.2, 0.25) is 17.7 Å². The third kappa shape index (κ3) is 14.5. The Morgan fingerprint density at radius 2 is 1.47 bits per heavy atom. The first-order valence-electron chi connectivity index (χ1n) is 22.2. The Morgan fingerprint density at radius 1 is 0.831 bits per heavy atom. The molecule has 10 atom stereocenters. The van der Waals surface area contributed by atoms with Crippen LogP contribution < -0.4 is 5.73 Å². The zero-order valence-electron chi connectivity index (χ0n) is 38.5. The lowest BCUT2D eigenvalue weighted by molar-refractivity contribution is -0.149. The van der Waals surface area contributed by atoms with Crippen LogP contribution in [0.3, 0.4) is 0 Å². The molecule has 1 aliphatic rings. The number of ether oxygens (including phenoxy) is 2. The number of carbonyl (C=O) groups is 5. The van der Waals surface area contributed by atoms with Gasteiger partial charge in [-0.2, -0.15) is 0 Å². The maximum atomic E-state index is 14.5. The second kappa shape index (κ2) is 25.6. The van der Waals surface area contributed by atoms with E-state index in [-0.39, 0.29) is 78.3 Å². The molecule has 2 rings (SSSR count). The third-order valence-electron chi connectivity index (χ3n) is 13.0. The average Bonchev–Trinajstić information content (AvgIpc) is 3.70. The summed E-state index contributed by atoms with van der Waals surface area (Å²) in [4.78, 5) is 74.7. The number of unbranched alkanes of at least 4 members (excludes halogenated alkanes) is 2. The van der Waals surface area contributed by atoms with E-state index in [0.717, 1.165) is 31.2 Å². The summed E-state index contributed by atoms with van der Waals surface area (Å²) >= 11 is 0. The average molecular weight is 829 g/mol. The predicted molar refractivity (Wildman–Crippen MR) is 233 cm³/mol. The van der Waals surface area contributed by atoms with Gasteiger partial charge in [0.05, 0.1) is 42.9 Å². The van der Waals surface area contributed by atoms with E-state index in [0.29, 0.717) is 32.4 Å². The van der Waals surface area contributed by atoms with E-state index >= 15 is 0 Å². The Labute approximate surface area is 356 Å². The first-order chi connectivity index (χ1) is 27.9. The Hall–Kier alpha value is -3.19. The Kier molecular flexibility index (Phi) is 22.5. The quantitative estimate of drug-likeness (QED) is 0.0949. The van der Waals surface area contributed by atoms with Crippen molar-refractivity contribution < 1.29 is 38.6 Å². The van der Waals surface area contributed by atoms with E-state index in [1.807, 2.05) is 90.6 Å². The van der Waals surface area contributed by atoms with Gasteiger partial charge in [-0.25, -0.2) is 0 Å². The minimum Gasteiger partial charge on any atom is -0.388 e. The zero-order valence-corrected chi connectivity index (χ0v) is 38.5. The normalized spacial score (nSPS) is 19.1. The zero-order chi connectivity index (χ0) is 44.6. The molecular formula is C47H80N4O8. The van der Waals surface area contributed by atoms with Gasteiger partial charge in [-0.1, -0.05) is 98.6 Å². The molecule has 1 aromatic carbocycles. The molecule has 1 heterocycles. The molecular weight excluding hydrogens is 749 g/mol. The van der Waals surface area contributed by atoms with Crippen LogP contribution in [0.4, 0.5) is 0 Å². The second-order valence-electron chi connectivity index (χ2n) is 17.9. The largest absolute Gasteiger partial charge is 0.388 e. The molecule has 336 valence electrons. The summed E-state index contributed by atoms with van der Waals surface area (Å²) < 4.78 is 12.1. The van der Waals surface area contributed by atoms with Crippen molar-refractivity contribution >= 4 is 29.3 Å². The van der Waals surface area contributed by atoms with Crippen molar-refractivity contribution in [2.75, 3.05) is 41.4 Å². The molecule has 1 aromatic rings. The number of carbonyl (C=O) groups excluding carboxylic acids is 5. The number of hydrogen-bond donors (Lipinski definition) is 2. The standard InChI is InChI=1S/C47H80N4O8/c1-13-32(6)44(50(10)47(57)36(30(2)3)28-39(53)43(31(4)5)49(9)41(54)24-18-15-19-25-48)40(58-11)29-42(55)51-26-20-23-37(51)46(59-12)34(8)38(52)27-33(7)45(56)35-21-16-14-17-22-35/h14,16-17,21-22,30-34,36-37,40,43-46,56H,13,15,18-20,23-29,48H2,1-12H3/t32-,33-,34-,36-,37-,40?,43-,44-,45+,46?/m0/s1. The van der Waals surface area contributed by atoms with E-state index in [9.17, 15) is 29.1 Å². The molecule has 12 nitrogen and oxygen atoms in total. The van der Waals surface area contributed by atoms with E-state index in [2.05, 4.69) is 0 Å². The number of ketones is 2. The van der Waals surface area contributed by atoms with Crippen molar-refractivity contribution in [2.24, 2.45) is 41.2 Å². The monoisotopic (exact) mass is 829 g/mol. The van der Waals surface area contributed by atoms with Crippen molar-refractivity contribution in [3.8, 4) is 0 Å². The highest BCUT2D eigenvalue weighted by Crippen LogP contribution is 2.33. The number of likely N-dealkylation sites (N-methyl/N-ethyl adjacent to an activating group) is 2. The van der Waals surface area contributed by atoms with Crippen LogP contribution in [-0.4, -0.2) is 121 Å². The number of rotatable bonds is 27. The number of nitrogens with zero attached hydrogens (tertiary/aromatic N) is 3. The van der Waals surface area contributed by atoms with Gasteiger partial charge in [0.25, 0.3) is 0 Å². The molecule has 2 unspecified atom stereocenters. The van der Waals surface area contributed by atoms with E-state index in [1.54, 1.807) is 38.1 Å². The molecule has 0 spiro atoms. The minimum atomic E-state index is -0.778. The number of amides is 3. The minimum absolute atomic E-state index is 0.00690. The predicted octanol–water partition coefficient (Wildman–Crippen LogP) is 6.47. The SMILES string of the molecule is CC[C@H](C)[C@@H](C(CC(=O)N1CCC[C@H]1C(OC)[C@@H](C)C(=O)C[C@H](C)[C@@H](O)c1ccccc1)OC)N(C)C(=O)[C@@H](CC(=O)[C@H](C(C)C)N(C)C(=O)CCCCCN)C(C)C.